The van der Waals surface area contributed by atoms with Crippen molar-refractivity contribution in [1.82, 2.24) is 5.32 Å². The van der Waals surface area contributed by atoms with E-state index >= 15 is 0 Å². The van der Waals surface area contributed by atoms with Gasteiger partial charge in [0.1, 0.15) is 0 Å². The molecule has 2 N–H and O–H groups in total. The highest BCUT2D eigenvalue weighted by Gasteiger charge is 2.32. The number of hydrogen-bond acceptors (Lipinski definition) is 2. The first kappa shape index (κ1) is 17.8. The predicted octanol–water partition coefficient (Wildman–Crippen LogP) is 5.57. The van der Waals surface area contributed by atoms with E-state index in [2.05, 4.69) is 54.5 Å². The molecular formula is C24H28N2O. The highest BCUT2D eigenvalue weighted by molar-refractivity contribution is 5.97. The van der Waals surface area contributed by atoms with Gasteiger partial charge in [0.15, 0.2) is 0 Å². The van der Waals surface area contributed by atoms with Crippen molar-refractivity contribution >= 4 is 17.2 Å². The number of anilines is 1. The number of nitrogens with one attached hydrogen (secondary N) is 2. The Bertz CT molecular complexity index is 839. The summed E-state index contributed by atoms with van der Waals surface area (Å²) in [7, 11) is 0. The SMILES string of the molecule is C=C1c2cc(C(=O)NC3CC3)ccc2NC(c2ccccc2)C1CCCC. The van der Waals surface area contributed by atoms with Crippen LogP contribution in [0.3, 0.4) is 0 Å². The molecule has 1 fully saturated rings. The lowest BCUT2D eigenvalue weighted by molar-refractivity contribution is 0.0951. The monoisotopic (exact) mass is 360 g/mol. The van der Waals surface area contributed by atoms with Crippen LogP contribution < -0.4 is 10.6 Å². The molecule has 4 rings (SSSR count). The molecule has 0 bridgehead atoms. The lowest BCUT2D eigenvalue weighted by Gasteiger charge is -2.37. The maximum Gasteiger partial charge on any atom is 0.251 e. The Morgan fingerprint density at radius 3 is 2.67 bits per heavy atom. The molecule has 0 aromatic heterocycles. The fourth-order valence-electron chi connectivity index (χ4n) is 3.98. The Morgan fingerprint density at radius 1 is 1.19 bits per heavy atom. The molecule has 3 heteroatoms. The summed E-state index contributed by atoms with van der Waals surface area (Å²) < 4.78 is 0. The van der Waals surface area contributed by atoms with Crippen molar-refractivity contribution in [3.8, 4) is 0 Å². The van der Waals surface area contributed by atoms with Crippen molar-refractivity contribution < 1.29 is 4.79 Å². The molecule has 1 amide bonds. The van der Waals surface area contributed by atoms with Gasteiger partial charge in [0, 0.05) is 28.8 Å². The Labute approximate surface area is 161 Å². The van der Waals surface area contributed by atoms with Crippen LogP contribution in [0.2, 0.25) is 0 Å². The third-order valence-corrected chi connectivity index (χ3v) is 5.73. The summed E-state index contributed by atoms with van der Waals surface area (Å²) in [5.41, 5.74) is 5.33. The van der Waals surface area contributed by atoms with Gasteiger partial charge >= 0.3 is 0 Å². The van der Waals surface area contributed by atoms with Crippen molar-refractivity contribution in [3.63, 3.8) is 0 Å². The number of unbranched alkanes of at least 4 members (excludes halogenated alkanes) is 1. The van der Waals surface area contributed by atoms with Gasteiger partial charge in [0.25, 0.3) is 5.91 Å². The van der Waals surface area contributed by atoms with Crippen molar-refractivity contribution in [3.05, 3.63) is 71.8 Å². The molecule has 2 unspecified atom stereocenters. The molecule has 0 spiro atoms. The second-order valence-electron chi connectivity index (χ2n) is 7.81. The summed E-state index contributed by atoms with van der Waals surface area (Å²) in [6, 6.07) is 17.2. The minimum atomic E-state index is 0.0309. The highest BCUT2D eigenvalue weighted by Crippen LogP contribution is 2.45. The number of fused-ring (bicyclic) bond motifs is 1. The van der Waals surface area contributed by atoms with E-state index in [9.17, 15) is 4.79 Å². The van der Waals surface area contributed by atoms with E-state index in [0.29, 0.717) is 12.0 Å². The number of hydrogen-bond donors (Lipinski definition) is 2. The fraction of sp³-hybridized carbons (Fsp3) is 0.375. The van der Waals surface area contributed by atoms with Crippen LogP contribution >= 0.6 is 0 Å². The van der Waals surface area contributed by atoms with E-state index in [1.807, 2.05) is 18.2 Å². The molecule has 0 radical (unpaired) electrons. The van der Waals surface area contributed by atoms with Crippen molar-refractivity contribution in [2.75, 3.05) is 5.32 Å². The maximum absolute atomic E-state index is 12.5. The quantitative estimate of drug-likeness (QED) is 0.707. The van der Waals surface area contributed by atoms with Crippen LogP contribution in [-0.4, -0.2) is 11.9 Å². The van der Waals surface area contributed by atoms with Crippen LogP contribution in [0.1, 0.15) is 66.6 Å². The largest absolute Gasteiger partial charge is 0.377 e. The number of carbonyl (C=O) groups excluding carboxylic acids is 1. The van der Waals surface area contributed by atoms with Gasteiger partial charge in [-0.2, -0.15) is 0 Å². The Morgan fingerprint density at radius 2 is 1.96 bits per heavy atom. The van der Waals surface area contributed by atoms with Crippen LogP contribution in [0.25, 0.3) is 5.57 Å². The molecule has 2 aliphatic rings. The van der Waals surface area contributed by atoms with Gasteiger partial charge in [0.05, 0.1) is 6.04 Å². The number of benzene rings is 2. The predicted molar refractivity (Wildman–Crippen MR) is 112 cm³/mol. The Kier molecular flexibility index (Phi) is 5.02. The van der Waals surface area contributed by atoms with E-state index in [1.54, 1.807) is 0 Å². The molecule has 27 heavy (non-hydrogen) atoms. The van der Waals surface area contributed by atoms with Crippen LogP contribution in [0.15, 0.2) is 55.1 Å². The lowest BCUT2D eigenvalue weighted by Crippen LogP contribution is -2.28. The second kappa shape index (κ2) is 7.59. The van der Waals surface area contributed by atoms with Crippen LogP contribution in [-0.2, 0) is 0 Å². The number of carbonyl (C=O) groups is 1. The van der Waals surface area contributed by atoms with E-state index in [4.69, 9.17) is 0 Å². The molecule has 2 aromatic rings. The minimum Gasteiger partial charge on any atom is -0.377 e. The van der Waals surface area contributed by atoms with Gasteiger partial charge in [-0.15, -0.1) is 0 Å². The van der Waals surface area contributed by atoms with Crippen LogP contribution in [0, 0.1) is 5.92 Å². The van der Waals surface area contributed by atoms with Gasteiger partial charge in [-0.25, -0.2) is 0 Å². The van der Waals surface area contributed by atoms with Gasteiger partial charge < -0.3 is 10.6 Å². The topological polar surface area (TPSA) is 41.1 Å². The average Bonchev–Trinajstić information content (AvgIpc) is 3.51. The fourth-order valence-corrected chi connectivity index (χ4v) is 3.98. The summed E-state index contributed by atoms with van der Waals surface area (Å²) in [6.45, 7) is 6.69. The lowest BCUT2D eigenvalue weighted by atomic mass is 9.77. The number of amides is 1. The summed E-state index contributed by atoms with van der Waals surface area (Å²) in [5, 5.41) is 6.81. The summed E-state index contributed by atoms with van der Waals surface area (Å²) in [5.74, 6) is 0.366. The smallest absolute Gasteiger partial charge is 0.251 e. The maximum atomic E-state index is 12.5. The molecule has 1 saturated carbocycles. The molecular weight excluding hydrogens is 332 g/mol. The van der Waals surface area contributed by atoms with E-state index in [1.165, 1.54) is 18.4 Å². The van der Waals surface area contributed by atoms with Crippen molar-refractivity contribution in [1.29, 1.82) is 0 Å². The number of rotatable bonds is 6. The molecule has 1 aliphatic carbocycles. The molecule has 140 valence electrons. The first-order valence-corrected chi connectivity index (χ1v) is 10.1. The van der Waals surface area contributed by atoms with Gasteiger partial charge in [0.2, 0.25) is 0 Å². The molecule has 3 nitrogen and oxygen atoms in total. The van der Waals surface area contributed by atoms with Crippen LogP contribution in [0.4, 0.5) is 5.69 Å². The normalized spacial score (nSPS) is 21.3. The Hall–Kier alpha value is -2.55. The first-order valence-electron chi connectivity index (χ1n) is 10.1. The second-order valence-corrected chi connectivity index (χ2v) is 7.81. The van der Waals surface area contributed by atoms with Crippen molar-refractivity contribution in [2.24, 2.45) is 5.92 Å². The third-order valence-electron chi connectivity index (χ3n) is 5.73. The molecule has 1 heterocycles. The zero-order valence-corrected chi connectivity index (χ0v) is 16.0. The zero-order valence-electron chi connectivity index (χ0n) is 16.0. The van der Waals surface area contributed by atoms with E-state index < -0.39 is 0 Å². The highest BCUT2D eigenvalue weighted by atomic mass is 16.1. The first-order chi connectivity index (χ1) is 13.2. The summed E-state index contributed by atoms with van der Waals surface area (Å²) >= 11 is 0. The van der Waals surface area contributed by atoms with Crippen LogP contribution in [0.5, 0.6) is 0 Å². The zero-order chi connectivity index (χ0) is 18.8. The van der Waals surface area contributed by atoms with E-state index in [-0.39, 0.29) is 11.9 Å². The van der Waals surface area contributed by atoms with E-state index in [0.717, 1.165) is 41.6 Å². The average molecular weight is 361 g/mol. The van der Waals surface area contributed by atoms with Crippen molar-refractivity contribution in [2.45, 2.75) is 51.1 Å². The molecule has 2 aromatic carbocycles. The standard InChI is InChI=1S/C24H28N2O/c1-3-4-10-20-16(2)21-15-18(24(27)25-19-12-13-19)11-14-22(21)26-23(20)17-8-6-5-7-9-17/h5-9,11,14-15,19-20,23,26H,2-4,10,12-13H2,1H3,(H,25,27). The summed E-state index contributed by atoms with van der Waals surface area (Å²) in [6.07, 6.45) is 5.64. The molecule has 2 atom stereocenters. The summed E-state index contributed by atoms with van der Waals surface area (Å²) in [4.78, 5) is 12.5. The Balaban J connectivity index is 1.65. The third kappa shape index (κ3) is 3.78. The molecule has 0 saturated heterocycles. The molecule has 1 aliphatic heterocycles. The van der Waals surface area contributed by atoms with Gasteiger partial charge in [-0.3, -0.25) is 4.79 Å². The van der Waals surface area contributed by atoms with Gasteiger partial charge in [-0.05, 0) is 48.6 Å². The minimum absolute atomic E-state index is 0.0309. The van der Waals surface area contributed by atoms with Gasteiger partial charge in [-0.1, -0.05) is 56.7 Å².